The molecule has 0 aliphatic carbocycles. The van der Waals surface area contributed by atoms with Crippen molar-refractivity contribution in [1.82, 2.24) is 0 Å². The van der Waals surface area contributed by atoms with Crippen molar-refractivity contribution in [3.8, 4) is 11.8 Å². The molecule has 0 aliphatic rings. The van der Waals surface area contributed by atoms with Crippen molar-refractivity contribution in [3.63, 3.8) is 0 Å². The third-order valence-corrected chi connectivity index (χ3v) is 5.81. The summed E-state index contributed by atoms with van der Waals surface area (Å²) in [6.07, 6.45) is 45.6. The minimum Gasteiger partial charge on any atom is -0.694 e. The number of hydrogen-bond acceptors (Lipinski definition) is 0. The Balaban J connectivity index is -0.000000490. The maximum Gasteiger partial charge on any atom is 2.00 e. The Kier molecular flexibility index (Phi) is 42.0. The summed E-state index contributed by atoms with van der Waals surface area (Å²) >= 11 is 0. The van der Waals surface area contributed by atoms with Crippen molar-refractivity contribution in [2.24, 2.45) is 0 Å². The molecule has 0 saturated heterocycles. The van der Waals surface area contributed by atoms with E-state index >= 15 is 0 Å². The summed E-state index contributed by atoms with van der Waals surface area (Å²) in [6, 6.07) is 0. The van der Waals surface area contributed by atoms with E-state index in [2.05, 4.69) is 25.7 Å². The molecule has 0 rings (SSSR count). The summed E-state index contributed by atoms with van der Waals surface area (Å²) in [7, 11) is 0. The average Bonchev–Trinajstić information content (AvgIpc) is 2.76. The van der Waals surface area contributed by atoms with E-state index in [9.17, 15) is 0 Å². The standard InChI is InChI=1S/2C15H27.Ni/c2*1-3-5-7-9-11-13-15-14-12-10-8-6-4-2;/h2*3,5-15H2,1H3;/q2*-1;+2. The van der Waals surface area contributed by atoms with Crippen LogP contribution in [-0.4, -0.2) is 0 Å². The van der Waals surface area contributed by atoms with E-state index in [-0.39, 0.29) is 16.5 Å². The van der Waals surface area contributed by atoms with Gasteiger partial charge in [0.2, 0.25) is 0 Å². The zero-order valence-electron chi connectivity index (χ0n) is 21.3. The van der Waals surface area contributed by atoms with Gasteiger partial charge in [-0.1, -0.05) is 142 Å². The molecular formula is C30H54Ni. The van der Waals surface area contributed by atoms with Gasteiger partial charge in [-0.15, -0.1) is 0 Å². The topological polar surface area (TPSA) is 0 Å². The van der Waals surface area contributed by atoms with Crippen LogP contribution in [0.15, 0.2) is 0 Å². The van der Waals surface area contributed by atoms with Gasteiger partial charge in [0, 0.05) is 0 Å². The molecule has 31 heavy (non-hydrogen) atoms. The molecule has 0 spiro atoms. The van der Waals surface area contributed by atoms with Crippen LogP contribution >= 0.6 is 0 Å². The smallest absolute Gasteiger partial charge is 0.694 e. The second-order valence-electron chi connectivity index (χ2n) is 8.92. The normalized spacial score (nSPS) is 9.81. The molecule has 0 saturated carbocycles. The molecule has 0 aromatic carbocycles. The van der Waals surface area contributed by atoms with Crippen LogP contribution in [0, 0.1) is 24.7 Å². The Morgan fingerprint density at radius 1 is 0.355 bits per heavy atom. The fraction of sp³-hybridized carbons (Fsp3) is 0.867. The molecule has 0 atom stereocenters. The number of hydrogen-bond donors (Lipinski definition) is 0. The van der Waals surface area contributed by atoms with Gasteiger partial charge in [0.05, 0.1) is 0 Å². The Bertz CT molecular complexity index is 324. The molecule has 0 unspecified atom stereocenters. The van der Waals surface area contributed by atoms with Crippen LogP contribution in [0.25, 0.3) is 0 Å². The Hall–Kier alpha value is -0.386. The fourth-order valence-corrected chi connectivity index (χ4v) is 3.76. The van der Waals surface area contributed by atoms with Crippen molar-refractivity contribution in [3.05, 3.63) is 12.8 Å². The molecule has 0 nitrogen and oxygen atoms in total. The third kappa shape index (κ3) is 40.5. The molecule has 184 valence electrons. The Morgan fingerprint density at radius 3 is 0.742 bits per heavy atom. The molecule has 0 amide bonds. The molecule has 0 aromatic rings. The largest absolute Gasteiger partial charge is 2.00 e. The first kappa shape index (κ1) is 35.2. The van der Waals surface area contributed by atoms with Gasteiger partial charge in [-0.05, 0) is 25.7 Å². The van der Waals surface area contributed by atoms with E-state index in [4.69, 9.17) is 12.8 Å². The Morgan fingerprint density at radius 2 is 0.548 bits per heavy atom. The first-order valence-electron chi connectivity index (χ1n) is 13.6. The minimum atomic E-state index is 0. The molecular weight excluding hydrogens is 419 g/mol. The monoisotopic (exact) mass is 472 g/mol. The van der Waals surface area contributed by atoms with Crippen LogP contribution in [0.2, 0.25) is 0 Å². The van der Waals surface area contributed by atoms with E-state index in [0.717, 1.165) is 12.8 Å². The van der Waals surface area contributed by atoms with E-state index in [1.807, 2.05) is 0 Å². The van der Waals surface area contributed by atoms with Crippen molar-refractivity contribution in [2.75, 3.05) is 0 Å². The SMILES string of the molecule is [C-]#CCCCCCCCCCCCCC.[C-]#CCCCCCCCCCCCCC.[Ni+2]. The van der Waals surface area contributed by atoms with Crippen molar-refractivity contribution >= 4 is 0 Å². The van der Waals surface area contributed by atoms with Gasteiger partial charge in [-0.25, -0.2) is 0 Å². The summed E-state index contributed by atoms with van der Waals surface area (Å²) < 4.78 is 0. The Labute approximate surface area is 208 Å². The zero-order chi connectivity index (χ0) is 22.4. The van der Waals surface area contributed by atoms with E-state index in [1.165, 1.54) is 141 Å². The van der Waals surface area contributed by atoms with E-state index < -0.39 is 0 Å². The molecule has 0 bridgehead atoms. The van der Waals surface area contributed by atoms with Gasteiger partial charge in [0.1, 0.15) is 0 Å². The summed E-state index contributed by atoms with van der Waals surface area (Å²) in [6.45, 7) is 4.54. The molecule has 0 fully saturated rings. The third-order valence-electron chi connectivity index (χ3n) is 5.81. The first-order chi connectivity index (χ1) is 14.8. The second kappa shape index (κ2) is 37.0. The molecule has 0 radical (unpaired) electrons. The van der Waals surface area contributed by atoms with Crippen LogP contribution in [0.3, 0.4) is 0 Å². The fourth-order valence-electron chi connectivity index (χ4n) is 3.76. The predicted molar refractivity (Wildman–Crippen MR) is 136 cm³/mol. The van der Waals surface area contributed by atoms with Crippen molar-refractivity contribution in [2.45, 2.75) is 168 Å². The van der Waals surface area contributed by atoms with Crippen LogP contribution < -0.4 is 0 Å². The van der Waals surface area contributed by atoms with Crippen LogP contribution in [-0.2, 0) is 16.5 Å². The van der Waals surface area contributed by atoms with E-state index in [0.29, 0.717) is 0 Å². The predicted octanol–water partition coefficient (Wildman–Crippen LogP) is 10.6. The molecule has 0 N–H and O–H groups in total. The summed E-state index contributed by atoms with van der Waals surface area (Å²) in [5.74, 6) is 4.90. The van der Waals surface area contributed by atoms with Gasteiger partial charge >= 0.3 is 16.5 Å². The number of unbranched alkanes of at least 4 members (excludes halogenated alkanes) is 22. The zero-order valence-corrected chi connectivity index (χ0v) is 22.3. The van der Waals surface area contributed by atoms with E-state index in [1.54, 1.807) is 0 Å². The van der Waals surface area contributed by atoms with Gasteiger partial charge in [0.15, 0.2) is 0 Å². The van der Waals surface area contributed by atoms with Crippen LogP contribution in [0.4, 0.5) is 0 Å². The molecule has 0 heterocycles. The van der Waals surface area contributed by atoms with Gasteiger partial charge < -0.3 is 24.7 Å². The minimum absolute atomic E-state index is 0. The first-order valence-corrected chi connectivity index (χ1v) is 13.6. The van der Waals surface area contributed by atoms with Gasteiger partial charge in [-0.3, -0.25) is 0 Å². The van der Waals surface area contributed by atoms with Crippen LogP contribution in [0.5, 0.6) is 0 Å². The molecule has 1 heteroatoms. The van der Waals surface area contributed by atoms with Crippen LogP contribution in [0.1, 0.15) is 168 Å². The molecule has 0 aromatic heterocycles. The number of rotatable bonds is 22. The summed E-state index contributed by atoms with van der Waals surface area (Å²) in [4.78, 5) is 0. The summed E-state index contributed by atoms with van der Waals surface area (Å²) in [5, 5.41) is 0. The summed E-state index contributed by atoms with van der Waals surface area (Å²) in [5.41, 5.74) is 0. The quantitative estimate of drug-likeness (QED) is 0.0635. The van der Waals surface area contributed by atoms with Crippen molar-refractivity contribution < 1.29 is 16.5 Å². The maximum atomic E-state index is 6.78. The van der Waals surface area contributed by atoms with Gasteiger partial charge in [-0.2, -0.15) is 0 Å². The molecule has 0 aliphatic heterocycles. The second-order valence-corrected chi connectivity index (χ2v) is 8.92. The van der Waals surface area contributed by atoms with Gasteiger partial charge in [0.25, 0.3) is 0 Å². The van der Waals surface area contributed by atoms with Crippen molar-refractivity contribution in [1.29, 1.82) is 0 Å². The average molecular weight is 473 g/mol. The maximum absolute atomic E-state index is 6.78.